The van der Waals surface area contributed by atoms with Crippen molar-refractivity contribution in [2.45, 2.75) is 19.8 Å². The van der Waals surface area contributed by atoms with E-state index in [4.69, 9.17) is 15.2 Å². The molecule has 0 aliphatic carbocycles. The molecule has 0 aliphatic rings. The summed E-state index contributed by atoms with van der Waals surface area (Å²) in [6.07, 6.45) is 1.71. The van der Waals surface area contributed by atoms with Gasteiger partial charge in [-0.15, -0.1) is 0 Å². The number of likely N-dealkylation sites (N-methyl/N-ethyl adjacent to an activating group) is 1. The van der Waals surface area contributed by atoms with Crippen molar-refractivity contribution in [2.24, 2.45) is 11.7 Å². The predicted molar refractivity (Wildman–Crippen MR) is 83.6 cm³/mol. The molecule has 1 amide bonds. The van der Waals surface area contributed by atoms with Crippen LogP contribution in [0.25, 0.3) is 0 Å². The van der Waals surface area contributed by atoms with Gasteiger partial charge in [-0.2, -0.15) is 0 Å². The molecule has 1 unspecified atom stereocenters. The lowest BCUT2D eigenvalue weighted by atomic mass is 10.0. The van der Waals surface area contributed by atoms with Gasteiger partial charge in [0.25, 0.3) is 0 Å². The summed E-state index contributed by atoms with van der Waals surface area (Å²) in [4.78, 5) is 13.8. The van der Waals surface area contributed by atoms with Crippen molar-refractivity contribution in [2.75, 3.05) is 33.9 Å². The number of benzene rings is 1. The summed E-state index contributed by atoms with van der Waals surface area (Å²) in [5.74, 6) is 1.72. The minimum absolute atomic E-state index is 0.0135. The maximum atomic E-state index is 12.1. The van der Waals surface area contributed by atoms with Crippen LogP contribution < -0.4 is 15.2 Å². The van der Waals surface area contributed by atoms with Gasteiger partial charge < -0.3 is 20.1 Å². The van der Waals surface area contributed by atoms with Gasteiger partial charge in [0.1, 0.15) is 18.1 Å². The Morgan fingerprint density at radius 3 is 2.48 bits per heavy atom. The van der Waals surface area contributed by atoms with Crippen molar-refractivity contribution in [1.82, 2.24) is 4.90 Å². The lowest BCUT2D eigenvalue weighted by Crippen LogP contribution is -2.35. The molecule has 2 N–H and O–H groups in total. The van der Waals surface area contributed by atoms with E-state index in [9.17, 15) is 4.79 Å². The first-order valence-electron chi connectivity index (χ1n) is 7.30. The molecule has 0 aliphatic heterocycles. The zero-order valence-electron chi connectivity index (χ0n) is 13.2. The first-order chi connectivity index (χ1) is 10.1. The molecule has 0 fully saturated rings. The topological polar surface area (TPSA) is 64.8 Å². The van der Waals surface area contributed by atoms with Crippen molar-refractivity contribution in [1.29, 1.82) is 0 Å². The molecule has 0 bridgehead atoms. The minimum Gasteiger partial charge on any atom is -0.497 e. The number of hydrogen-bond donors (Lipinski definition) is 1. The summed E-state index contributed by atoms with van der Waals surface area (Å²) in [6.45, 7) is 3.61. The highest BCUT2D eigenvalue weighted by Crippen LogP contribution is 2.17. The van der Waals surface area contributed by atoms with E-state index in [1.54, 1.807) is 19.1 Å². The average molecular weight is 294 g/mol. The second-order valence-electron chi connectivity index (χ2n) is 5.12. The third kappa shape index (κ3) is 6.04. The smallest absolute Gasteiger partial charge is 0.225 e. The van der Waals surface area contributed by atoms with E-state index in [1.807, 2.05) is 31.2 Å². The Kier molecular flexibility index (Phi) is 7.61. The lowest BCUT2D eigenvalue weighted by molar-refractivity contribution is -0.134. The highest BCUT2D eigenvalue weighted by molar-refractivity contribution is 5.78. The predicted octanol–water partition coefficient (Wildman–Crippen LogP) is 1.91. The Labute approximate surface area is 127 Å². The summed E-state index contributed by atoms with van der Waals surface area (Å²) in [5, 5.41) is 0. The second-order valence-corrected chi connectivity index (χ2v) is 5.12. The van der Waals surface area contributed by atoms with Crippen molar-refractivity contribution < 1.29 is 14.3 Å². The molecule has 0 spiro atoms. The fraction of sp³-hybridized carbons (Fsp3) is 0.562. The monoisotopic (exact) mass is 294 g/mol. The first-order valence-corrected chi connectivity index (χ1v) is 7.30. The molecule has 0 saturated heterocycles. The standard InChI is InChI=1S/C16H26N2O3/c1-13(5-4-10-17)16(19)18(2)11-12-21-15-8-6-14(20-3)7-9-15/h6-9,13H,4-5,10-12,17H2,1-3H3. The van der Waals surface area contributed by atoms with E-state index in [-0.39, 0.29) is 11.8 Å². The molecule has 118 valence electrons. The fourth-order valence-corrected chi connectivity index (χ4v) is 2.01. The number of carbonyl (C=O) groups excluding carboxylic acids is 1. The Morgan fingerprint density at radius 1 is 1.29 bits per heavy atom. The number of methoxy groups -OCH3 is 1. The average Bonchev–Trinajstić information content (AvgIpc) is 2.52. The van der Waals surface area contributed by atoms with E-state index in [1.165, 1.54) is 0 Å². The van der Waals surface area contributed by atoms with E-state index in [2.05, 4.69) is 0 Å². The van der Waals surface area contributed by atoms with Crippen LogP contribution in [0.3, 0.4) is 0 Å². The van der Waals surface area contributed by atoms with E-state index < -0.39 is 0 Å². The van der Waals surface area contributed by atoms with Gasteiger partial charge in [0.2, 0.25) is 5.91 Å². The summed E-state index contributed by atoms with van der Waals surface area (Å²) < 4.78 is 10.7. The van der Waals surface area contributed by atoms with Gasteiger partial charge in [-0.05, 0) is 43.7 Å². The van der Waals surface area contributed by atoms with Crippen molar-refractivity contribution >= 4 is 5.91 Å². The van der Waals surface area contributed by atoms with Gasteiger partial charge in [0, 0.05) is 13.0 Å². The fourth-order valence-electron chi connectivity index (χ4n) is 2.01. The molecule has 0 aromatic heterocycles. The van der Waals surface area contributed by atoms with Gasteiger partial charge in [0.15, 0.2) is 0 Å². The van der Waals surface area contributed by atoms with Crippen molar-refractivity contribution in [3.8, 4) is 11.5 Å². The number of rotatable bonds is 9. The zero-order valence-corrected chi connectivity index (χ0v) is 13.2. The Morgan fingerprint density at radius 2 is 1.90 bits per heavy atom. The maximum absolute atomic E-state index is 12.1. The van der Waals surface area contributed by atoms with Gasteiger partial charge >= 0.3 is 0 Å². The molecular weight excluding hydrogens is 268 g/mol. The number of nitrogens with two attached hydrogens (primary N) is 1. The van der Waals surface area contributed by atoms with Crippen molar-refractivity contribution in [3.63, 3.8) is 0 Å². The van der Waals surface area contributed by atoms with Crippen LogP contribution in [-0.4, -0.2) is 44.7 Å². The molecule has 5 nitrogen and oxygen atoms in total. The number of hydrogen-bond acceptors (Lipinski definition) is 4. The molecule has 1 rings (SSSR count). The number of amides is 1. The van der Waals surface area contributed by atoms with Crippen LogP contribution in [0.15, 0.2) is 24.3 Å². The third-order valence-electron chi connectivity index (χ3n) is 3.39. The first kappa shape index (κ1) is 17.3. The summed E-state index contributed by atoms with van der Waals surface area (Å²) >= 11 is 0. The number of ether oxygens (including phenoxy) is 2. The summed E-state index contributed by atoms with van der Waals surface area (Å²) in [6, 6.07) is 7.40. The van der Waals surface area contributed by atoms with E-state index in [0.717, 1.165) is 24.3 Å². The highest BCUT2D eigenvalue weighted by Gasteiger charge is 2.16. The Hall–Kier alpha value is -1.75. The number of carbonyl (C=O) groups is 1. The largest absolute Gasteiger partial charge is 0.497 e. The zero-order chi connectivity index (χ0) is 15.7. The van der Waals surface area contributed by atoms with Gasteiger partial charge in [-0.3, -0.25) is 4.79 Å². The normalized spacial score (nSPS) is 11.8. The van der Waals surface area contributed by atoms with Crippen molar-refractivity contribution in [3.05, 3.63) is 24.3 Å². The van der Waals surface area contributed by atoms with Crippen LogP contribution in [0.2, 0.25) is 0 Å². The van der Waals surface area contributed by atoms with Crippen LogP contribution >= 0.6 is 0 Å². The molecular formula is C16H26N2O3. The minimum atomic E-state index is 0.0135. The highest BCUT2D eigenvalue weighted by atomic mass is 16.5. The lowest BCUT2D eigenvalue weighted by Gasteiger charge is -2.21. The molecule has 1 aromatic carbocycles. The van der Waals surface area contributed by atoms with E-state index in [0.29, 0.717) is 19.7 Å². The third-order valence-corrected chi connectivity index (χ3v) is 3.39. The summed E-state index contributed by atoms with van der Waals surface area (Å²) in [5.41, 5.74) is 5.46. The molecule has 1 aromatic rings. The van der Waals surface area contributed by atoms with Gasteiger partial charge in [-0.1, -0.05) is 6.92 Å². The van der Waals surface area contributed by atoms with Crippen LogP contribution in [0.4, 0.5) is 0 Å². The molecule has 5 heteroatoms. The van der Waals surface area contributed by atoms with Gasteiger partial charge in [-0.25, -0.2) is 0 Å². The Balaban J connectivity index is 2.31. The second kappa shape index (κ2) is 9.23. The molecule has 0 radical (unpaired) electrons. The SMILES string of the molecule is COc1ccc(OCCN(C)C(=O)C(C)CCCN)cc1. The van der Waals surface area contributed by atoms with Gasteiger partial charge in [0.05, 0.1) is 13.7 Å². The molecule has 0 heterocycles. The van der Waals surface area contributed by atoms with Crippen LogP contribution in [0.5, 0.6) is 11.5 Å². The maximum Gasteiger partial charge on any atom is 0.225 e. The Bertz CT molecular complexity index is 420. The van der Waals surface area contributed by atoms with Crippen LogP contribution in [0.1, 0.15) is 19.8 Å². The number of nitrogens with zero attached hydrogens (tertiary/aromatic N) is 1. The van der Waals surface area contributed by atoms with Crippen LogP contribution in [0, 0.1) is 5.92 Å². The molecule has 0 saturated carbocycles. The molecule has 1 atom stereocenters. The quantitative estimate of drug-likeness (QED) is 0.755. The van der Waals surface area contributed by atoms with E-state index >= 15 is 0 Å². The molecule has 21 heavy (non-hydrogen) atoms. The van der Waals surface area contributed by atoms with Crippen LogP contribution in [-0.2, 0) is 4.79 Å². The summed E-state index contributed by atoms with van der Waals surface area (Å²) in [7, 11) is 3.43.